The summed E-state index contributed by atoms with van der Waals surface area (Å²) in [6, 6.07) is 17.7. The molecule has 0 aliphatic carbocycles. The fourth-order valence-corrected chi connectivity index (χ4v) is 8.36. The van der Waals surface area contributed by atoms with Crippen molar-refractivity contribution in [3.63, 3.8) is 0 Å². The van der Waals surface area contributed by atoms with Crippen LogP contribution in [0, 0.1) is 11.3 Å². The van der Waals surface area contributed by atoms with Crippen molar-refractivity contribution < 1.29 is 14.0 Å². The van der Waals surface area contributed by atoms with E-state index in [2.05, 4.69) is 104 Å². The van der Waals surface area contributed by atoms with Gasteiger partial charge in [-0.3, -0.25) is 9.69 Å². The zero-order valence-electron chi connectivity index (χ0n) is 30.5. The minimum Gasteiger partial charge on any atom is -0.462 e. The minimum atomic E-state index is -1.81. The van der Waals surface area contributed by atoms with Gasteiger partial charge in [-0.1, -0.05) is 63.7 Å². The number of nitrogens with zero attached hydrogens (tertiary/aromatic N) is 7. The molecule has 0 N–H and O–H groups in total. The van der Waals surface area contributed by atoms with Crippen molar-refractivity contribution in [3.8, 4) is 12.1 Å². The lowest BCUT2D eigenvalue weighted by molar-refractivity contribution is -0.128. The van der Waals surface area contributed by atoms with E-state index >= 15 is 0 Å². The van der Waals surface area contributed by atoms with E-state index in [9.17, 15) is 10.1 Å². The highest BCUT2D eigenvalue weighted by atomic mass is 28.4. The van der Waals surface area contributed by atoms with Crippen LogP contribution in [0.5, 0.6) is 6.01 Å². The summed E-state index contributed by atoms with van der Waals surface area (Å²) >= 11 is 0. The number of carbonyl (C=O) groups is 1. The van der Waals surface area contributed by atoms with Crippen LogP contribution in [0.1, 0.15) is 51.3 Å². The molecule has 2 aromatic carbocycles. The molecule has 3 aromatic rings. The molecule has 6 rings (SSSR count). The van der Waals surface area contributed by atoms with Crippen molar-refractivity contribution >= 4 is 36.5 Å². The van der Waals surface area contributed by atoms with Gasteiger partial charge >= 0.3 is 6.01 Å². The second-order valence-corrected chi connectivity index (χ2v) is 20.2. The molecule has 2 atom stereocenters. The lowest BCUT2D eigenvalue weighted by Gasteiger charge is -2.42. The van der Waals surface area contributed by atoms with E-state index in [4.69, 9.17) is 19.1 Å². The number of ether oxygens (including phenoxy) is 1. The molecule has 1 amide bonds. The van der Waals surface area contributed by atoms with Gasteiger partial charge in [-0.15, -0.1) is 0 Å². The number of anilines is 2. The van der Waals surface area contributed by atoms with Gasteiger partial charge in [0.25, 0.3) is 0 Å². The molecule has 3 aliphatic heterocycles. The maximum Gasteiger partial charge on any atom is 0.318 e. The number of hydrogen-bond donors (Lipinski definition) is 0. The Bertz CT molecular complexity index is 1730. The molecule has 2 fully saturated rings. The quantitative estimate of drug-likeness (QED) is 0.172. The Labute approximate surface area is 298 Å². The van der Waals surface area contributed by atoms with Crippen LogP contribution in [0.3, 0.4) is 0 Å². The smallest absolute Gasteiger partial charge is 0.318 e. The lowest BCUT2D eigenvalue weighted by atomic mass is 10.0. The van der Waals surface area contributed by atoms with Crippen molar-refractivity contribution in [1.82, 2.24) is 19.8 Å². The first-order valence-corrected chi connectivity index (χ1v) is 21.1. The zero-order chi connectivity index (χ0) is 35.5. The van der Waals surface area contributed by atoms with Crippen LogP contribution in [0.15, 0.2) is 55.1 Å². The van der Waals surface area contributed by atoms with E-state index in [1.807, 2.05) is 0 Å². The Morgan fingerprint density at radius 3 is 2.64 bits per heavy atom. The molecule has 2 saturated heterocycles. The third-order valence-electron chi connectivity index (χ3n) is 11.2. The zero-order valence-corrected chi connectivity index (χ0v) is 31.5. The lowest BCUT2D eigenvalue weighted by Crippen LogP contribution is -2.55. The molecule has 0 saturated carbocycles. The number of nitriles is 1. The fourth-order valence-electron chi connectivity index (χ4n) is 7.32. The number of rotatable bonds is 11. The number of benzene rings is 2. The van der Waals surface area contributed by atoms with E-state index in [0.717, 1.165) is 62.6 Å². The Balaban J connectivity index is 1.24. The molecule has 50 heavy (non-hydrogen) atoms. The highest BCUT2D eigenvalue weighted by Crippen LogP contribution is 2.37. The van der Waals surface area contributed by atoms with Crippen molar-refractivity contribution in [1.29, 1.82) is 5.26 Å². The molecule has 10 nitrogen and oxygen atoms in total. The maximum absolute atomic E-state index is 12.7. The van der Waals surface area contributed by atoms with Crippen LogP contribution in [-0.2, 0) is 22.2 Å². The van der Waals surface area contributed by atoms with Gasteiger partial charge in [0.05, 0.1) is 30.8 Å². The standard InChI is InChI=1S/C39H53N7O3Si/c1-7-36(47)46-23-22-45(26-30(46)17-19-40)37-33-18-21-44(35-16-10-13-29-12-8-9-15-32(29)35)27-34(33)41-38(42-37)48-28-31-14-11-20-43(31)24-25-49-50(5,6)39(2,3)4/h7-10,12-13,15-16,30-31H,1,11,14,17-18,20-28H2,2-6H3/t30-,31-/m0/s1. The number of aromatic nitrogens is 2. The molecular formula is C39H53N7O3Si. The van der Waals surface area contributed by atoms with Gasteiger partial charge < -0.3 is 23.9 Å². The second kappa shape index (κ2) is 15.1. The highest BCUT2D eigenvalue weighted by Gasteiger charge is 2.38. The highest BCUT2D eigenvalue weighted by molar-refractivity contribution is 6.74. The van der Waals surface area contributed by atoms with Crippen LogP contribution in [0.2, 0.25) is 18.1 Å². The predicted molar refractivity (Wildman–Crippen MR) is 202 cm³/mol. The largest absolute Gasteiger partial charge is 0.462 e. The number of piperazine rings is 1. The molecular weight excluding hydrogens is 643 g/mol. The summed E-state index contributed by atoms with van der Waals surface area (Å²) in [7, 11) is -1.81. The van der Waals surface area contributed by atoms with Crippen LogP contribution in [0.25, 0.3) is 10.8 Å². The van der Waals surface area contributed by atoms with Gasteiger partial charge in [0.2, 0.25) is 5.91 Å². The first-order chi connectivity index (χ1) is 24.0. The van der Waals surface area contributed by atoms with Gasteiger partial charge in [-0.2, -0.15) is 15.2 Å². The summed E-state index contributed by atoms with van der Waals surface area (Å²) in [5, 5.41) is 12.3. The van der Waals surface area contributed by atoms with Crippen molar-refractivity contribution in [2.75, 3.05) is 62.3 Å². The molecule has 3 aliphatic rings. The fraction of sp³-hybridized carbons (Fsp3) is 0.538. The molecule has 0 unspecified atom stereocenters. The van der Waals surface area contributed by atoms with E-state index in [-0.39, 0.29) is 29.4 Å². The summed E-state index contributed by atoms with van der Waals surface area (Å²) in [6.07, 6.45) is 4.58. The number of amides is 1. The van der Waals surface area contributed by atoms with Crippen LogP contribution in [0.4, 0.5) is 11.5 Å². The number of fused-ring (bicyclic) bond motifs is 2. The van der Waals surface area contributed by atoms with Crippen LogP contribution >= 0.6 is 0 Å². The Morgan fingerprint density at radius 2 is 1.86 bits per heavy atom. The van der Waals surface area contributed by atoms with Gasteiger partial charge in [0, 0.05) is 62.0 Å². The van der Waals surface area contributed by atoms with Gasteiger partial charge in [-0.05, 0) is 61.5 Å². The van der Waals surface area contributed by atoms with Gasteiger partial charge in [-0.25, -0.2) is 0 Å². The first-order valence-electron chi connectivity index (χ1n) is 18.2. The molecule has 0 bridgehead atoms. The topological polar surface area (TPSA) is 98.1 Å². The second-order valence-electron chi connectivity index (χ2n) is 15.4. The van der Waals surface area contributed by atoms with Crippen molar-refractivity contribution in [2.45, 2.75) is 83.2 Å². The van der Waals surface area contributed by atoms with E-state index in [1.165, 1.54) is 22.5 Å². The number of carbonyl (C=O) groups excluding carboxylic acids is 1. The van der Waals surface area contributed by atoms with Gasteiger partial charge in [0.15, 0.2) is 8.32 Å². The summed E-state index contributed by atoms with van der Waals surface area (Å²) < 4.78 is 13.0. The molecule has 1 aromatic heterocycles. The van der Waals surface area contributed by atoms with E-state index in [1.54, 1.807) is 4.90 Å². The predicted octanol–water partition coefficient (Wildman–Crippen LogP) is 6.17. The van der Waals surface area contributed by atoms with Crippen molar-refractivity contribution in [2.24, 2.45) is 0 Å². The normalized spacial score (nSPS) is 20.1. The first kappa shape index (κ1) is 35.8. The van der Waals surface area contributed by atoms with Crippen LogP contribution in [-0.4, -0.2) is 98.6 Å². The minimum absolute atomic E-state index is 0.139. The molecule has 4 heterocycles. The average molecular weight is 696 g/mol. The van der Waals surface area contributed by atoms with E-state index < -0.39 is 8.32 Å². The van der Waals surface area contributed by atoms with Crippen LogP contribution < -0.4 is 14.5 Å². The SMILES string of the molecule is C=CC(=O)N1CCN(c2nc(OC[C@@H]3CCCN3CCO[Si](C)(C)C(C)(C)C)nc3c2CCN(c2cccc4ccccc24)C3)C[C@@H]1CC#N. The number of likely N-dealkylation sites (tertiary alicyclic amines) is 1. The molecule has 266 valence electrons. The van der Waals surface area contributed by atoms with Crippen molar-refractivity contribution in [3.05, 3.63) is 66.4 Å². The monoisotopic (exact) mass is 695 g/mol. The summed E-state index contributed by atoms with van der Waals surface area (Å²) in [5.74, 6) is 0.724. The average Bonchev–Trinajstić information content (AvgIpc) is 3.56. The Kier molecular flexibility index (Phi) is 10.8. The Morgan fingerprint density at radius 1 is 1.06 bits per heavy atom. The Hall–Kier alpha value is -3.98. The summed E-state index contributed by atoms with van der Waals surface area (Å²) in [6.45, 7) is 21.5. The van der Waals surface area contributed by atoms with Gasteiger partial charge in [0.1, 0.15) is 12.4 Å². The molecule has 0 radical (unpaired) electrons. The third-order valence-corrected chi connectivity index (χ3v) is 15.8. The molecule has 11 heteroatoms. The summed E-state index contributed by atoms with van der Waals surface area (Å²) in [4.78, 5) is 31.7. The maximum atomic E-state index is 12.7. The number of hydrogen-bond acceptors (Lipinski definition) is 9. The third kappa shape index (κ3) is 7.68. The molecule has 0 spiro atoms. The summed E-state index contributed by atoms with van der Waals surface area (Å²) in [5.41, 5.74) is 3.29. The van der Waals surface area contributed by atoms with E-state index in [0.29, 0.717) is 38.8 Å².